The van der Waals surface area contributed by atoms with Gasteiger partial charge in [-0.1, -0.05) is 37.6 Å². The molecule has 0 spiro atoms. The lowest BCUT2D eigenvalue weighted by Gasteiger charge is -2.05. The molecular formula is C12H15ClN2O. The van der Waals surface area contributed by atoms with Crippen molar-refractivity contribution in [2.45, 2.75) is 20.8 Å². The number of nitrogens with one attached hydrogen (secondary N) is 1. The Balaban J connectivity index is 2.74. The summed E-state index contributed by atoms with van der Waals surface area (Å²) in [4.78, 5) is 11.7. The first-order valence-electron chi connectivity index (χ1n) is 5.11. The molecule has 0 aromatic heterocycles. The first-order chi connectivity index (χ1) is 7.52. The molecule has 0 saturated heterocycles. The van der Waals surface area contributed by atoms with E-state index < -0.39 is 0 Å². The number of hydrogen-bond acceptors (Lipinski definition) is 2. The molecule has 1 amide bonds. The van der Waals surface area contributed by atoms with Gasteiger partial charge >= 0.3 is 0 Å². The lowest BCUT2D eigenvalue weighted by molar-refractivity contribution is 0.0955. The third kappa shape index (κ3) is 3.35. The number of rotatable bonds is 3. The highest BCUT2D eigenvalue weighted by Crippen LogP contribution is 2.14. The third-order valence-electron chi connectivity index (χ3n) is 2.29. The van der Waals surface area contributed by atoms with Crippen LogP contribution < -0.4 is 5.43 Å². The predicted octanol–water partition coefficient (Wildman–Crippen LogP) is 3.10. The molecule has 0 radical (unpaired) electrons. The van der Waals surface area contributed by atoms with Gasteiger partial charge in [0.1, 0.15) is 0 Å². The van der Waals surface area contributed by atoms with Crippen LogP contribution in [0.5, 0.6) is 0 Å². The average molecular weight is 239 g/mol. The van der Waals surface area contributed by atoms with Gasteiger partial charge in [0, 0.05) is 5.71 Å². The molecule has 1 aromatic carbocycles. The number of carbonyl (C=O) groups excluding carboxylic acids is 1. The smallest absolute Gasteiger partial charge is 0.267 e. The van der Waals surface area contributed by atoms with E-state index in [0.29, 0.717) is 16.5 Å². The molecule has 0 aliphatic rings. The molecular weight excluding hydrogens is 224 g/mol. The van der Waals surface area contributed by atoms with E-state index >= 15 is 0 Å². The van der Waals surface area contributed by atoms with E-state index in [1.165, 1.54) is 0 Å². The van der Waals surface area contributed by atoms with Gasteiger partial charge in [-0.05, 0) is 25.0 Å². The van der Waals surface area contributed by atoms with Gasteiger partial charge in [-0.15, -0.1) is 0 Å². The summed E-state index contributed by atoms with van der Waals surface area (Å²) in [5, 5.41) is 4.43. The van der Waals surface area contributed by atoms with Gasteiger partial charge in [-0.25, -0.2) is 5.43 Å². The Morgan fingerprint density at radius 2 is 2.00 bits per heavy atom. The molecule has 3 nitrogen and oxygen atoms in total. The van der Waals surface area contributed by atoms with E-state index in [1.54, 1.807) is 24.3 Å². The highest BCUT2D eigenvalue weighted by atomic mass is 35.5. The topological polar surface area (TPSA) is 41.5 Å². The number of hydrazone groups is 1. The lowest BCUT2D eigenvalue weighted by Crippen LogP contribution is -2.20. The Hall–Kier alpha value is -1.35. The average Bonchev–Trinajstić information content (AvgIpc) is 2.25. The zero-order chi connectivity index (χ0) is 12.1. The molecule has 0 atom stereocenters. The fourth-order valence-electron chi connectivity index (χ4n) is 0.974. The van der Waals surface area contributed by atoms with Crippen LogP contribution in [-0.2, 0) is 0 Å². The summed E-state index contributed by atoms with van der Waals surface area (Å²) < 4.78 is 0. The van der Waals surface area contributed by atoms with Crippen molar-refractivity contribution in [1.29, 1.82) is 0 Å². The van der Waals surface area contributed by atoms with Crippen LogP contribution >= 0.6 is 11.6 Å². The Bertz CT molecular complexity index is 413. The Morgan fingerprint density at radius 3 is 2.56 bits per heavy atom. The number of halogens is 1. The number of amides is 1. The Kier molecular flexibility index (Phi) is 4.50. The molecule has 0 unspecified atom stereocenters. The maximum Gasteiger partial charge on any atom is 0.272 e. The molecule has 0 saturated carbocycles. The second-order valence-electron chi connectivity index (χ2n) is 3.83. The summed E-state index contributed by atoms with van der Waals surface area (Å²) >= 11 is 5.89. The SMILES string of the molecule is C/C(=N\NC(=O)c1ccccc1Cl)C(C)C. The van der Waals surface area contributed by atoms with Crippen molar-refractivity contribution in [1.82, 2.24) is 5.43 Å². The van der Waals surface area contributed by atoms with Gasteiger partial charge in [0.2, 0.25) is 0 Å². The molecule has 0 heterocycles. The second-order valence-corrected chi connectivity index (χ2v) is 4.24. The van der Waals surface area contributed by atoms with E-state index in [-0.39, 0.29) is 5.91 Å². The third-order valence-corrected chi connectivity index (χ3v) is 2.62. The second kappa shape index (κ2) is 5.66. The van der Waals surface area contributed by atoms with Crippen molar-refractivity contribution >= 4 is 23.2 Å². The summed E-state index contributed by atoms with van der Waals surface area (Å²) in [5.74, 6) is 0.0251. The largest absolute Gasteiger partial charge is 0.272 e. The first-order valence-corrected chi connectivity index (χ1v) is 5.49. The molecule has 4 heteroatoms. The summed E-state index contributed by atoms with van der Waals surface area (Å²) in [5.41, 5.74) is 3.80. The zero-order valence-electron chi connectivity index (χ0n) is 9.62. The molecule has 1 aromatic rings. The minimum Gasteiger partial charge on any atom is -0.267 e. The number of hydrogen-bond donors (Lipinski definition) is 1. The summed E-state index contributed by atoms with van der Waals surface area (Å²) in [6.45, 7) is 5.90. The van der Waals surface area contributed by atoms with Gasteiger partial charge in [-0.2, -0.15) is 5.10 Å². The van der Waals surface area contributed by atoms with Crippen molar-refractivity contribution in [3.63, 3.8) is 0 Å². The van der Waals surface area contributed by atoms with E-state index in [4.69, 9.17) is 11.6 Å². The van der Waals surface area contributed by atoms with E-state index in [0.717, 1.165) is 5.71 Å². The van der Waals surface area contributed by atoms with Crippen LogP contribution in [-0.4, -0.2) is 11.6 Å². The lowest BCUT2D eigenvalue weighted by atomic mass is 10.1. The van der Waals surface area contributed by atoms with Gasteiger partial charge in [0.25, 0.3) is 5.91 Å². The number of benzene rings is 1. The van der Waals surface area contributed by atoms with Crippen LogP contribution in [0.2, 0.25) is 5.02 Å². The molecule has 0 aliphatic carbocycles. The van der Waals surface area contributed by atoms with Crippen LogP contribution in [0.4, 0.5) is 0 Å². The summed E-state index contributed by atoms with van der Waals surface area (Å²) in [6, 6.07) is 6.88. The molecule has 1 rings (SSSR count). The molecule has 86 valence electrons. The van der Waals surface area contributed by atoms with Gasteiger partial charge in [-0.3, -0.25) is 4.79 Å². The molecule has 0 fully saturated rings. The van der Waals surface area contributed by atoms with Gasteiger partial charge < -0.3 is 0 Å². The van der Waals surface area contributed by atoms with Crippen molar-refractivity contribution < 1.29 is 4.79 Å². The van der Waals surface area contributed by atoms with Crippen molar-refractivity contribution in [3.05, 3.63) is 34.9 Å². The maximum absolute atomic E-state index is 11.7. The van der Waals surface area contributed by atoms with Crippen molar-refractivity contribution in [2.75, 3.05) is 0 Å². The highest BCUT2D eigenvalue weighted by molar-refractivity contribution is 6.33. The van der Waals surface area contributed by atoms with Crippen LogP contribution in [0.1, 0.15) is 31.1 Å². The molecule has 0 bridgehead atoms. The number of nitrogens with zero attached hydrogens (tertiary/aromatic N) is 1. The minimum atomic E-state index is -0.286. The first kappa shape index (κ1) is 12.7. The van der Waals surface area contributed by atoms with Crippen LogP contribution in [0.3, 0.4) is 0 Å². The van der Waals surface area contributed by atoms with Crippen LogP contribution in [0.25, 0.3) is 0 Å². The van der Waals surface area contributed by atoms with Crippen LogP contribution in [0, 0.1) is 5.92 Å². The Labute approximate surface area is 101 Å². The normalized spacial score (nSPS) is 11.7. The molecule has 16 heavy (non-hydrogen) atoms. The van der Waals surface area contributed by atoms with E-state index in [2.05, 4.69) is 10.5 Å². The summed E-state index contributed by atoms with van der Waals surface area (Å²) in [7, 11) is 0. The summed E-state index contributed by atoms with van der Waals surface area (Å²) in [6.07, 6.45) is 0. The molecule has 1 N–H and O–H groups in total. The molecule has 0 aliphatic heterocycles. The minimum absolute atomic E-state index is 0.286. The van der Waals surface area contributed by atoms with E-state index in [1.807, 2.05) is 20.8 Å². The van der Waals surface area contributed by atoms with Crippen molar-refractivity contribution in [3.8, 4) is 0 Å². The zero-order valence-corrected chi connectivity index (χ0v) is 10.4. The highest BCUT2D eigenvalue weighted by Gasteiger charge is 2.08. The standard InChI is InChI=1S/C12H15ClN2O/c1-8(2)9(3)14-15-12(16)10-6-4-5-7-11(10)13/h4-8H,1-3H3,(H,15,16)/b14-9+. The quantitative estimate of drug-likeness (QED) is 0.638. The maximum atomic E-state index is 11.7. The fraction of sp³-hybridized carbons (Fsp3) is 0.333. The van der Waals surface area contributed by atoms with E-state index in [9.17, 15) is 4.79 Å². The van der Waals surface area contributed by atoms with Crippen LogP contribution in [0.15, 0.2) is 29.4 Å². The predicted molar refractivity (Wildman–Crippen MR) is 66.9 cm³/mol. The van der Waals surface area contributed by atoms with Crippen molar-refractivity contribution in [2.24, 2.45) is 11.0 Å². The monoisotopic (exact) mass is 238 g/mol. The Morgan fingerprint density at radius 1 is 1.38 bits per heavy atom. The van der Waals surface area contributed by atoms with Gasteiger partial charge in [0.15, 0.2) is 0 Å². The number of carbonyl (C=O) groups is 1. The fourth-order valence-corrected chi connectivity index (χ4v) is 1.20. The van der Waals surface area contributed by atoms with Gasteiger partial charge in [0.05, 0.1) is 10.6 Å².